The van der Waals surface area contributed by atoms with E-state index in [1.807, 2.05) is 45.5 Å². The van der Waals surface area contributed by atoms with Gasteiger partial charge in [0.2, 0.25) is 5.62 Å². The van der Waals surface area contributed by atoms with Crippen LogP contribution in [0, 0.1) is 12.3 Å². The highest BCUT2D eigenvalue weighted by atomic mass is 16.3. The summed E-state index contributed by atoms with van der Waals surface area (Å²) in [5.74, 6) is 0. The van der Waals surface area contributed by atoms with E-state index in [2.05, 4.69) is 49.4 Å². The van der Waals surface area contributed by atoms with E-state index in [-0.39, 0.29) is 12.6 Å². The first-order valence-electron chi connectivity index (χ1n) is 9.62. The number of aryl methyl sites for hydroxylation is 1. The van der Waals surface area contributed by atoms with Gasteiger partial charge in [0.15, 0.2) is 0 Å². The molecule has 1 aromatic heterocycles. The SMILES string of the molecule is Cc1ccc(Cn2c(=N)n(C(CO)Cc3ccccc3)c3ccccc32)cc1. The normalized spacial score (nSPS) is 12.4. The summed E-state index contributed by atoms with van der Waals surface area (Å²) in [6.45, 7) is 2.70. The van der Waals surface area contributed by atoms with Crippen LogP contribution < -0.4 is 5.62 Å². The average molecular weight is 371 g/mol. The fourth-order valence-electron chi connectivity index (χ4n) is 3.78. The number of aliphatic hydroxyl groups excluding tert-OH is 1. The number of aliphatic hydroxyl groups is 1. The van der Waals surface area contributed by atoms with Gasteiger partial charge in [-0.25, -0.2) is 0 Å². The average Bonchev–Trinajstić information content (AvgIpc) is 3.00. The van der Waals surface area contributed by atoms with Gasteiger partial charge in [-0.2, -0.15) is 0 Å². The van der Waals surface area contributed by atoms with Gasteiger partial charge in [0.25, 0.3) is 0 Å². The Morgan fingerprint density at radius 2 is 1.46 bits per heavy atom. The summed E-state index contributed by atoms with van der Waals surface area (Å²) >= 11 is 0. The van der Waals surface area contributed by atoms with E-state index in [1.54, 1.807) is 0 Å². The molecular weight excluding hydrogens is 346 g/mol. The molecular formula is C24H25N3O. The first kappa shape index (κ1) is 18.3. The van der Waals surface area contributed by atoms with Gasteiger partial charge in [0.05, 0.1) is 30.2 Å². The van der Waals surface area contributed by atoms with Crippen molar-refractivity contribution >= 4 is 11.0 Å². The van der Waals surface area contributed by atoms with Crippen molar-refractivity contribution in [1.82, 2.24) is 9.13 Å². The van der Waals surface area contributed by atoms with Crippen molar-refractivity contribution in [2.24, 2.45) is 0 Å². The highest BCUT2D eigenvalue weighted by molar-refractivity contribution is 5.76. The van der Waals surface area contributed by atoms with Crippen LogP contribution in [-0.4, -0.2) is 20.8 Å². The van der Waals surface area contributed by atoms with E-state index in [4.69, 9.17) is 5.41 Å². The second kappa shape index (κ2) is 7.87. The molecule has 0 aliphatic heterocycles. The number of fused-ring (bicyclic) bond motifs is 1. The number of rotatable bonds is 6. The highest BCUT2D eigenvalue weighted by Gasteiger charge is 2.18. The number of hydrogen-bond acceptors (Lipinski definition) is 2. The molecule has 0 saturated carbocycles. The third-order valence-electron chi connectivity index (χ3n) is 5.27. The van der Waals surface area contributed by atoms with Crippen LogP contribution in [0.5, 0.6) is 0 Å². The summed E-state index contributed by atoms with van der Waals surface area (Å²) in [5, 5.41) is 19.0. The van der Waals surface area contributed by atoms with Gasteiger partial charge >= 0.3 is 0 Å². The zero-order valence-electron chi connectivity index (χ0n) is 16.0. The van der Waals surface area contributed by atoms with Crippen molar-refractivity contribution < 1.29 is 5.11 Å². The number of hydrogen-bond donors (Lipinski definition) is 2. The number of benzene rings is 3. The van der Waals surface area contributed by atoms with Gasteiger partial charge in [0.1, 0.15) is 0 Å². The Hall–Kier alpha value is -3.11. The maximum atomic E-state index is 10.1. The van der Waals surface area contributed by atoms with E-state index < -0.39 is 0 Å². The maximum absolute atomic E-state index is 10.1. The zero-order valence-corrected chi connectivity index (χ0v) is 16.0. The summed E-state index contributed by atoms with van der Waals surface area (Å²) in [6, 6.07) is 26.5. The highest BCUT2D eigenvalue weighted by Crippen LogP contribution is 2.21. The third-order valence-corrected chi connectivity index (χ3v) is 5.27. The van der Waals surface area contributed by atoms with Crippen molar-refractivity contribution in [3.05, 3.63) is 101 Å². The van der Waals surface area contributed by atoms with Crippen LogP contribution in [-0.2, 0) is 13.0 Å². The number of para-hydroxylation sites is 2. The standard InChI is InChI=1S/C24H25N3O/c1-18-11-13-20(14-12-18)16-26-22-9-5-6-10-23(22)27(24(26)25)21(17-28)15-19-7-3-2-4-8-19/h2-14,21,25,28H,15-17H2,1H3. The molecule has 0 spiro atoms. The summed E-state index contributed by atoms with van der Waals surface area (Å²) < 4.78 is 3.99. The van der Waals surface area contributed by atoms with Crippen LogP contribution in [0.15, 0.2) is 78.9 Å². The van der Waals surface area contributed by atoms with Gasteiger partial charge in [-0.1, -0.05) is 72.3 Å². The number of nitrogens with one attached hydrogen (secondary N) is 1. The molecule has 0 aliphatic carbocycles. The van der Waals surface area contributed by atoms with E-state index in [0.29, 0.717) is 18.6 Å². The molecule has 4 aromatic rings. The lowest BCUT2D eigenvalue weighted by molar-refractivity contribution is 0.225. The topological polar surface area (TPSA) is 53.9 Å². The Morgan fingerprint density at radius 3 is 2.14 bits per heavy atom. The second-order valence-electron chi connectivity index (χ2n) is 7.28. The summed E-state index contributed by atoms with van der Waals surface area (Å²) in [4.78, 5) is 0. The number of imidazole rings is 1. The molecule has 1 atom stereocenters. The van der Waals surface area contributed by atoms with E-state index in [9.17, 15) is 5.11 Å². The molecule has 0 saturated heterocycles. The first-order chi connectivity index (χ1) is 13.7. The lowest BCUT2D eigenvalue weighted by Gasteiger charge is -2.17. The molecule has 2 N–H and O–H groups in total. The molecule has 0 aliphatic rings. The molecule has 1 heterocycles. The first-order valence-corrected chi connectivity index (χ1v) is 9.62. The molecule has 142 valence electrons. The molecule has 4 heteroatoms. The second-order valence-corrected chi connectivity index (χ2v) is 7.28. The Bertz CT molecular complexity index is 1120. The van der Waals surface area contributed by atoms with Crippen LogP contribution in [0.2, 0.25) is 0 Å². The molecule has 28 heavy (non-hydrogen) atoms. The Morgan fingerprint density at radius 1 is 0.821 bits per heavy atom. The summed E-state index contributed by atoms with van der Waals surface area (Å²) in [6.07, 6.45) is 0.687. The predicted octanol–water partition coefficient (Wildman–Crippen LogP) is 4.06. The third kappa shape index (κ3) is 3.51. The van der Waals surface area contributed by atoms with Crippen molar-refractivity contribution in [3.8, 4) is 0 Å². The smallest absolute Gasteiger partial charge is 0.203 e. The molecule has 0 bridgehead atoms. The molecule has 3 aromatic carbocycles. The maximum Gasteiger partial charge on any atom is 0.203 e. The van der Waals surface area contributed by atoms with Gasteiger partial charge in [-0.3, -0.25) is 5.41 Å². The zero-order chi connectivity index (χ0) is 19.5. The molecule has 4 nitrogen and oxygen atoms in total. The van der Waals surface area contributed by atoms with E-state index in [0.717, 1.165) is 22.2 Å². The lowest BCUT2D eigenvalue weighted by Crippen LogP contribution is -2.30. The predicted molar refractivity (Wildman–Crippen MR) is 112 cm³/mol. The molecule has 0 fully saturated rings. The van der Waals surface area contributed by atoms with E-state index in [1.165, 1.54) is 5.56 Å². The Kier molecular flexibility index (Phi) is 5.13. The number of nitrogens with zero attached hydrogens (tertiary/aromatic N) is 2. The van der Waals surface area contributed by atoms with Crippen LogP contribution in [0.3, 0.4) is 0 Å². The summed E-state index contributed by atoms with van der Waals surface area (Å²) in [5.41, 5.74) is 5.95. The molecule has 0 amide bonds. The van der Waals surface area contributed by atoms with Gasteiger partial charge in [-0.15, -0.1) is 0 Å². The minimum Gasteiger partial charge on any atom is -0.394 e. The number of aromatic nitrogens is 2. The van der Waals surface area contributed by atoms with Crippen LogP contribution in [0.1, 0.15) is 22.7 Å². The molecule has 4 rings (SSSR count). The lowest BCUT2D eigenvalue weighted by atomic mass is 10.1. The van der Waals surface area contributed by atoms with Crippen LogP contribution >= 0.6 is 0 Å². The van der Waals surface area contributed by atoms with Gasteiger partial charge in [0, 0.05) is 0 Å². The minimum atomic E-state index is -0.181. The molecule has 0 radical (unpaired) electrons. The van der Waals surface area contributed by atoms with E-state index >= 15 is 0 Å². The molecule has 1 unspecified atom stereocenters. The van der Waals surface area contributed by atoms with Gasteiger partial charge < -0.3 is 14.2 Å². The largest absolute Gasteiger partial charge is 0.394 e. The van der Waals surface area contributed by atoms with Crippen molar-refractivity contribution in [2.45, 2.75) is 25.9 Å². The van der Waals surface area contributed by atoms with Crippen molar-refractivity contribution in [1.29, 1.82) is 5.41 Å². The van der Waals surface area contributed by atoms with Crippen molar-refractivity contribution in [2.75, 3.05) is 6.61 Å². The monoisotopic (exact) mass is 371 g/mol. The Labute approximate surface area is 164 Å². The van der Waals surface area contributed by atoms with Crippen molar-refractivity contribution in [3.63, 3.8) is 0 Å². The fraction of sp³-hybridized carbons (Fsp3) is 0.208. The fourth-order valence-corrected chi connectivity index (χ4v) is 3.78. The quantitative estimate of drug-likeness (QED) is 0.528. The van der Waals surface area contributed by atoms with Crippen LogP contribution in [0.25, 0.3) is 11.0 Å². The van der Waals surface area contributed by atoms with Crippen LogP contribution in [0.4, 0.5) is 0 Å². The Balaban J connectivity index is 1.79. The minimum absolute atomic E-state index is 0.00994. The van der Waals surface area contributed by atoms with Gasteiger partial charge in [-0.05, 0) is 36.6 Å². The summed E-state index contributed by atoms with van der Waals surface area (Å²) in [7, 11) is 0.